The number of esters is 1. The average Bonchev–Trinajstić information content (AvgIpc) is 3.78. The molecule has 7 rings (SSSR count). The Morgan fingerprint density at radius 1 is 1.00 bits per heavy atom. The number of hydrogen-bond donors (Lipinski definition) is 4. The van der Waals surface area contributed by atoms with Crippen molar-refractivity contribution < 1.29 is 47.4 Å². The number of unbranched alkanes of at least 4 members (excludes halogenated alkanes) is 2. The fourth-order valence-electron chi connectivity index (χ4n) is 8.62. The number of cyclic esters (lactones) is 1. The number of halogens is 1. The molecule has 3 aromatic rings. The third kappa shape index (κ3) is 8.83. The highest BCUT2D eigenvalue weighted by molar-refractivity contribution is 6.12. The van der Waals surface area contributed by atoms with Crippen LogP contribution >= 0.6 is 0 Å². The minimum Gasteiger partial charge on any atom is -0.460 e. The summed E-state index contributed by atoms with van der Waals surface area (Å²) in [6, 6.07) is 0.131. The normalized spacial score (nSPS) is 18.0. The lowest BCUT2D eigenvalue weighted by molar-refractivity contribution is -0.148. The van der Waals surface area contributed by atoms with Crippen molar-refractivity contribution in [3.63, 3.8) is 0 Å². The molecule has 1 aliphatic carbocycles. The van der Waals surface area contributed by atoms with Crippen LogP contribution in [-0.4, -0.2) is 87.8 Å². The van der Waals surface area contributed by atoms with Crippen LogP contribution in [0.2, 0.25) is 0 Å². The van der Waals surface area contributed by atoms with Crippen molar-refractivity contribution in [2.24, 2.45) is 5.92 Å². The quantitative estimate of drug-likeness (QED) is 0.0419. The summed E-state index contributed by atoms with van der Waals surface area (Å²) >= 11 is 0. The van der Waals surface area contributed by atoms with Gasteiger partial charge in [0.2, 0.25) is 17.7 Å². The van der Waals surface area contributed by atoms with Crippen LogP contribution in [0.25, 0.3) is 22.3 Å². The molecule has 18 heteroatoms. The lowest BCUT2D eigenvalue weighted by Gasteiger charge is -2.29. The zero-order valence-corrected chi connectivity index (χ0v) is 35.4. The Kier molecular flexibility index (Phi) is 12.9. The maximum atomic E-state index is 15.3. The van der Waals surface area contributed by atoms with E-state index in [-0.39, 0.29) is 49.4 Å². The van der Waals surface area contributed by atoms with E-state index in [2.05, 4.69) is 27.2 Å². The summed E-state index contributed by atoms with van der Waals surface area (Å²) in [6.07, 6.45) is 10.5. The third-order valence-corrected chi connectivity index (χ3v) is 12.0. The number of rotatable bonds is 16. The van der Waals surface area contributed by atoms with Gasteiger partial charge in [-0.3, -0.25) is 43.3 Å². The fourth-order valence-corrected chi connectivity index (χ4v) is 8.62. The summed E-state index contributed by atoms with van der Waals surface area (Å²) in [7, 11) is 0. The maximum Gasteiger partial charge on any atom is 0.313 e. The Labute approximate surface area is 361 Å². The zero-order valence-electron chi connectivity index (χ0n) is 35.4. The first-order valence-corrected chi connectivity index (χ1v) is 20.9. The summed E-state index contributed by atoms with van der Waals surface area (Å²) in [5, 5.41) is 11.3. The molecule has 63 heavy (non-hydrogen) atoms. The molecule has 0 saturated heterocycles. The van der Waals surface area contributed by atoms with Crippen LogP contribution in [-0.2, 0) is 62.6 Å². The van der Waals surface area contributed by atoms with Gasteiger partial charge in [-0.25, -0.2) is 9.37 Å². The Hall–Kier alpha value is -6.74. The van der Waals surface area contributed by atoms with E-state index in [0.29, 0.717) is 82.2 Å². The number of nitrogens with zero attached hydrogens (tertiary/aromatic N) is 3. The third-order valence-electron chi connectivity index (χ3n) is 12.0. The molecule has 3 aliphatic heterocycles. The van der Waals surface area contributed by atoms with E-state index in [4.69, 9.17) is 20.9 Å². The van der Waals surface area contributed by atoms with Crippen molar-refractivity contribution in [1.29, 1.82) is 0 Å². The van der Waals surface area contributed by atoms with Crippen molar-refractivity contribution >= 4 is 52.3 Å². The molecule has 1 aromatic carbocycles. The molecule has 4 atom stereocenters. The molecule has 0 radical (unpaired) electrons. The summed E-state index contributed by atoms with van der Waals surface area (Å²) in [4.78, 5) is 108. The number of hydrogen-bond acceptors (Lipinski definition) is 11. The summed E-state index contributed by atoms with van der Waals surface area (Å²) < 4.78 is 27.6. The minimum atomic E-state index is -1.43. The highest BCUT2D eigenvalue weighted by Crippen LogP contribution is 2.45. The monoisotopic (exact) mass is 865 g/mol. The largest absolute Gasteiger partial charge is 0.460 e. The number of pyridine rings is 2. The smallest absolute Gasteiger partial charge is 0.313 e. The average molecular weight is 866 g/mol. The number of aromatic nitrogens is 2. The molecule has 0 saturated carbocycles. The second-order valence-electron chi connectivity index (χ2n) is 16.5. The van der Waals surface area contributed by atoms with Crippen LogP contribution in [0.5, 0.6) is 0 Å². The Morgan fingerprint density at radius 3 is 2.46 bits per heavy atom. The van der Waals surface area contributed by atoms with Crippen LogP contribution < -0.4 is 26.8 Å². The number of terminal acetylenes is 1. The molecule has 0 fully saturated rings. The van der Waals surface area contributed by atoms with Crippen LogP contribution in [0.15, 0.2) is 29.1 Å². The van der Waals surface area contributed by atoms with E-state index in [1.807, 2.05) is 0 Å². The summed E-state index contributed by atoms with van der Waals surface area (Å²) in [5.74, 6) is -2.76. The van der Waals surface area contributed by atoms with Gasteiger partial charge in [0.1, 0.15) is 31.8 Å². The van der Waals surface area contributed by atoms with Crippen LogP contribution in [0.4, 0.5) is 4.39 Å². The van der Waals surface area contributed by atoms with Crippen LogP contribution in [0.3, 0.4) is 0 Å². The topological polar surface area (TPSA) is 224 Å². The predicted octanol–water partition coefficient (Wildman–Crippen LogP) is 1.97. The van der Waals surface area contributed by atoms with Crippen molar-refractivity contribution in [1.82, 2.24) is 35.7 Å². The Bertz CT molecular complexity index is 2580. The van der Waals surface area contributed by atoms with Gasteiger partial charge in [-0.2, -0.15) is 0 Å². The van der Waals surface area contributed by atoms with E-state index in [9.17, 15) is 38.4 Å². The minimum absolute atomic E-state index is 0.0974. The van der Waals surface area contributed by atoms with Gasteiger partial charge < -0.3 is 35.3 Å². The van der Waals surface area contributed by atoms with E-state index in [1.54, 1.807) is 38.3 Å². The van der Waals surface area contributed by atoms with Gasteiger partial charge in [0.05, 0.1) is 41.0 Å². The van der Waals surface area contributed by atoms with Gasteiger partial charge in [0, 0.05) is 42.1 Å². The Balaban J connectivity index is 0.936. The van der Waals surface area contributed by atoms with Gasteiger partial charge in [0.25, 0.3) is 23.3 Å². The van der Waals surface area contributed by atoms with Crippen molar-refractivity contribution in [2.45, 2.75) is 103 Å². The number of carbonyl (C=O) groups is 7. The van der Waals surface area contributed by atoms with Gasteiger partial charge in [-0.15, -0.1) is 6.42 Å². The summed E-state index contributed by atoms with van der Waals surface area (Å²) in [6.45, 7) is 6.15. The van der Waals surface area contributed by atoms with Gasteiger partial charge in [-0.1, -0.05) is 26.2 Å². The number of benzene rings is 1. The standard InChI is InChI=1S/C45H48FN7O10/c1-6-30(50-43(59)40(22(2)3)51-34(54)10-8-7-9-15-52-36(56)13-14-37(52)57)42(58)47-21-62-20-35(55)48-31-12-11-25-23(4)29(46)17-32-38(25)39(31)27-18-53-33(41(27)49-32)16-26-24(5)45(61)63-19-28(26)44(53)60/h1,13-14,16-17,22,24,30-31,40H,7-12,15,18-21H2,2-5H3,(H,47,58)(H,48,55)(H,50,59)(H,51,54)/t24-,30+,31?,40?/m1/s1. The molecular weight excluding hydrogens is 818 g/mol. The first kappa shape index (κ1) is 44.3. The second kappa shape index (κ2) is 18.3. The molecular formula is C45H48FN7O10. The lowest BCUT2D eigenvalue weighted by atomic mass is 9.81. The molecule has 330 valence electrons. The number of aryl methyl sites for hydroxylation is 1. The molecule has 4 N–H and O–H groups in total. The number of nitrogens with one attached hydrogen (secondary N) is 4. The molecule has 0 bridgehead atoms. The molecule has 2 unspecified atom stereocenters. The molecule has 4 aliphatic rings. The number of imide groups is 1. The van der Waals surface area contributed by atoms with Crippen LogP contribution in [0, 0.1) is 31.0 Å². The number of fused-ring (bicyclic) bond motifs is 5. The van der Waals surface area contributed by atoms with E-state index in [0.717, 1.165) is 10.5 Å². The number of carbonyl (C=O) groups excluding carboxylic acids is 7. The first-order chi connectivity index (χ1) is 30.1. The van der Waals surface area contributed by atoms with Gasteiger partial charge in [0.15, 0.2) is 6.04 Å². The SMILES string of the molecule is C#C[C@H](NC(=O)C(NC(=O)CCCCCN1C(=O)C=CC1=O)C(C)C)C(=O)NCOCC(=O)NC1CCc2c(C)c(F)cc3nc4c(c1c23)Cn1c-4cc2c(c1=O)COC(=O)[C@@H]2C. The van der Waals surface area contributed by atoms with Gasteiger partial charge >= 0.3 is 5.97 Å². The van der Waals surface area contributed by atoms with Crippen molar-refractivity contribution in [3.8, 4) is 23.7 Å². The fraction of sp³-hybridized carbons (Fsp3) is 0.444. The molecule has 0 spiro atoms. The zero-order chi connectivity index (χ0) is 45.3. The first-order valence-electron chi connectivity index (χ1n) is 20.9. The Morgan fingerprint density at radius 2 is 1.75 bits per heavy atom. The van der Waals surface area contributed by atoms with Crippen molar-refractivity contribution in [2.75, 3.05) is 19.9 Å². The predicted molar refractivity (Wildman–Crippen MR) is 223 cm³/mol. The van der Waals surface area contributed by atoms with E-state index >= 15 is 4.39 Å². The van der Waals surface area contributed by atoms with E-state index in [1.165, 1.54) is 18.2 Å². The van der Waals surface area contributed by atoms with Crippen LogP contribution in [0.1, 0.15) is 98.2 Å². The maximum absolute atomic E-state index is 15.3. The summed E-state index contributed by atoms with van der Waals surface area (Å²) in [5.41, 5.74) is 4.63. The molecule has 2 aromatic heterocycles. The highest BCUT2D eigenvalue weighted by Gasteiger charge is 2.37. The molecule has 5 heterocycles. The molecule has 6 amide bonds. The molecule has 17 nitrogen and oxygen atoms in total. The van der Waals surface area contributed by atoms with Gasteiger partial charge in [-0.05, 0) is 73.8 Å². The van der Waals surface area contributed by atoms with Crippen molar-refractivity contribution in [3.05, 3.63) is 73.8 Å². The highest BCUT2D eigenvalue weighted by atomic mass is 19.1. The lowest BCUT2D eigenvalue weighted by Crippen LogP contribution is -2.55. The van der Waals surface area contributed by atoms with E-state index < -0.39 is 72.8 Å². The second-order valence-corrected chi connectivity index (χ2v) is 16.5. The number of amides is 6. The number of ether oxygens (including phenoxy) is 2.